The number of H-pyrrole nitrogens is 1. The van der Waals surface area contributed by atoms with E-state index in [0.717, 1.165) is 33.3 Å². The summed E-state index contributed by atoms with van der Waals surface area (Å²) in [6.45, 7) is 5.59. The van der Waals surface area contributed by atoms with Gasteiger partial charge in [0.1, 0.15) is 5.75 Å². The van der Waals surface area contributed by atoms with E-state index in [0.29, 0.717) is 25.2 Å². The standard InChI is InChI=1S/C30H32N4O2/c1-21(2)34(19-23-10-8-22(16-31)9-11-23)20-30(35)33-17-27(24-12-14-25(36-3)15-13-24)28-18-32-29-7-5-4-6-26(28)29/h4-15,18,21,27,32H,17,19-20H2,1-3H3,(H,33,35). The first kappa shape index (κ1) is 25.0. The van der Waals surface area contributed by atoms with Gasteiger partial charge in [0.25, 0.3) is 0 Å². The van der Waals surface area contributed by atoms with E-state index >= 15 is 0 Å². The molecular weight excluding hydrogens is 448 g/mol. The number of nitrogens with zero attached hydrogens (tertiary/aromatic N) is 2. The first-order valence-electron chi connectivity index (χ1n) is 12.2. The third kappa shape index (κ3) is 5.94. The Morgan fingerprint density at radius 3 is 2.44 bits per heavy atom. The van der Waals surface area contributed by atoms with Gasteiger partial charge in [-0.05, 0) is 60.9 Å². The summed E-state index contributed by atoms with van der Waals surface area (Å²) in [5, 5.41) is 13.4. The van der Waals surface area contributed by atoms with Crippen LogP contribution in [-0.2, 0) is 11.3 Å². The highest BCUT2D eigenvalue weighted by Crippen LogP contribution is 2.31. The van der Waals surface area contributed by atoms with Gasteiger partial charge in [-0.1, -0.05) is 42.5 Å². The van der Waals surface area contributed by atoms with Crippen molar-refractivity contribution in [1.29, 1.82) is 5.26 Å². The fourth-order valence-corrected chi connectivity index (χ4v) is 4.42. The van der Waals surface area contributed by atoms with E-state index in [1.807, 2.05) is 54.7 Å². The Labute approximate surface area is 212 Å². The van der Waals surface area contributed by atoms with Gasteiger partial charge in [-0.2, -0.15) is 5.26 Å². The molecule has 1 heterocycles. The molecule has 0 aliphatic heterocycles. The van der Waals surface area contributed by atoms with Crippen molar-refractivity contribution in [2.24, 2.45) is 0 Å². The van der Waals surface area contributed by atoms with Crippen LogP contribution < -0.4 is 10.1 Å². The molecule has 0 radical (unpaired) electrons. The van der Waals surface area contributed by atoms with Gasteiger partial charge < -0.3 is 15.0 Å². The van der Waals surface area contributed by atoms with E-state index in [1.165, 1.54) is 0 Å². The molecule has 1 unspecified atom stereocenters. The topological polar surface area (TPSA) is 81.2 Å². The van der Waals surface area contributed by atoms with Gasteiger partial charge in [-0.15, -0.1) is 0 Å². The molecule has 3 aromatic carbocycles. The number of aromatic amines is 1. The monoisotopic (exact) mass is 480 g/mol. The van der Waals surface area contributed by atoms with Crippen molar-refractivity contribution in [3.05, 3.63) is 101 Å². The summed E-state index contributed by atoms with van der Waals surface area (Å²) >= 11 is 0. The summed E-state index contributed by atoms with van der Waals surface area (Å²) in [7, 11) is 1.66. The van der Waals surface area contributed by atoms with Gasteiger partial charge in [0.2, 0.25) is 5.91 Å². The Hall–Kier alpha value is -4.08. The predicted molar refractivity (Wildman–Crippen MR) is 143 cm³/mol. The molecule has 0 aliphatic rings. The molecule has 0 fully saturated rings. The van der Waals surface area contributed by atoms with Gasteiger partial charge in [-0.25, -0.2) is 0 Å². The number of aromatic nitrogens is 1. The van der Waals surface area contributed by atoms with E-state index < -0.39 is 0 Å². The quantitative estimate of drug-likeness (QED) is 0.327. The van der Waals surface area contributed by atoms with Crippen molar-refractivity contribution in [2.45, 2.75) is 32.4 Å². The van der Waals surface area contributed by atoms with Crippen LogP contribution in [0.2, 0.25) is 0 Å². The summed E-state index contributed by atoms with van der Waals surface area (Å²) in [4.78, 5) is 18.6. The van der Waals surface area contributed by atoms with Gasteiger partial charge >= 0.3 is 0 Å². The molecule has 184 valence electrons. The van der Waals surface area contributed by atoms with E-state index in [9.17, 15) is 4.79 Å². The van der Waals surface area contributed by atoms with E-state index in [1.54, 1.807) is 7.11 Å². The normalized spacial score (nSPS) is 12.0. The molecule has 36 heavy (non-hydrogen) atoms. The Bertz CT molecular complexity index is 1330. The molecule has 0 bridgehead atoms. The van der Waals surface area contributed by atoms with Gasteiger partial charge in [0.15, 0.2) is 0 Å². The Morgan fingerprint density at radius 1 is 1.06 bits per heavy atom. The van der Waals surface area contributed by atoms with Crippen LogP contribution >= 0.6 is 0 Å². The Kier molecular flexibility index (Phi) is 8.04. The fraction of sp³-hybridized carbons (Fsp3) is 0.267. The first-order chi connectivity index (χ1) is 17.5. The summed E-state index contributed by atoms with van der Waals surface area (Å²) in [5.41, 5.74) is 5.04. The lowest BCUT2D eigenvalue weighted by Gasteiger charge is -2.26. The van der Waals surface area contributed by atoms with Crippen molar-refractivity contribution in [3.8, 4) is 11.8 Å². The van der Waals surface area contributed by atoms with E-state index in [2.05, 4.69) is 59.4 Å². The first-order valence-corrected chi connectivity index (χ1v) is 12.2. The SMILES string of the molecule is COc1ccc(C(CNC(=O)CN(Cc2ccc(C#N)cc2)C(C)C)c2c[nH]c3ccccc23)cc1. The predicted octanol–water partition coefficient (Wildman–Crippen LogP) is 5.21. The van der Waals surface area contributed by atoms with Crippen LogP contribution in [0.1, 0.15) is 42.0 Å². The smallest absolute Gasteiger partial charge is 0.234 e. The van der Waals surface area contributed by atoms with E-state index in [4.69, 9.17) is 10.00 Å². The third-order valence-corrected chi connectivity index (χ3v) is 6.56. The maximum atomic E-state index is 13.1. The average Bonchev–Trinajstić information content (AvgIpc) is 3.33. The lowest BCUT2D eigenvalue weighted by Crippen LogP contribution is -2.41. The second-order valence-electron chi connectivity index (χ2n) is 9.23. The minimum absolute atomic E-state index is 0.0120. The van der Waals surface area contributed by atoms with Crippen LogP contribution in [0.15, 0.2) is 79.0 Å². The van der Waals surface area contributed by atoms with Gasteiger partial charge in [-0.3, -0.25) is 9.69 Å². The van der Waals surface area contributed by atoms with Crippen LogP contribution in [0.5, 0.6) is 5.75 Å². The van der Waals surface area contributed by atoms with Crippen molar-refractivity contribution in [3.63, 3.8) is 0 Å². The second kappa shape index (κ2) is 11.6. The molecule has 1 aromatic heterocycles. The highest BCUT2D eigenvalue weighted by molar-refractivity contribution is 5.84. The number of benzene rings is 3. The number of hydrogen-bond donors (Lipinski definition) is 2. The van der Waals surface area contributed by atoms with Crippen molar-refractivity contribution < 1.29 is 9.53 Å². The molecule has 1 atom stereocenters. The minimum Gasteiger partial charge on any atom is -0.497 e. The number of hydrogen-bond acceptors (Lipinski definition) is 4. The van der Waals surface area contributed by atoms with Crippen LogP contribution in [-0.4, -0.2) is 42.0 Å². The summed E-state index contributed by atoms with van der Waals surface area (Å²) in [6.07, 6.45) is 2.04. The highest BCUT2D eigenvalue weighted by Gasteiger charge is 2.21. The molecule has 6 nitrogen and oxygen atoms in total. The number of nitrogens with one attached hydrogen (secondary N) is 2. The van der Waals surface area contributed by atoms with Crippen molar-refractivity contribution in [2.75, 3.05) is 20.2 Å². The van der Waals surface area contributed by atoms with Crippen LogP contribution in [0, 0.1) is 11.3 Å². The number of rotatable bonds is 10. The number of nitriles is 1. The third-order valence-electron chi connectivity index (χ3n) is 6.56. The number of carbonyl (C=O) groups excluding carboxylic acids is 1. The molecule has 4 aromatic rings. The van der Waals surface area contributed by atoms with Crippen molar-refractivity contribution >= 4 is 16.8 Å². The molecule has 1 amide bonds. The number of carbonyl (C=O) groups is 1. The average molecular weight is 481 g/mol. The number of ether oxygens (including phenoxy) is 1. The van der Waals surface area contributed by atoms with Gasteiger partial charge in [0.05, 0.1) is 25.3 Å². The van der Waals surface area contributed by atoms with Crippen LogP contribution in [0.3, 0.4) is 0 Å². The molecule has 0 saturated heterocycles. The lowest BCUT2D eigenvalue weighted by molar-refractivity contribution is -0.122. The van der Waals surface area contributed by atoms with E-state index in [-0.39, 0.29) is 17.9 Å². The molecule has 0 saturated carbocycles. The maximum absolute atomic E-state index is 13.1. The number of amides is 1. The molecule has 4 rings (SSSR count). The molecule has 6 heteroatoms. The Morgan fingerprint density at radius 2 is 1.78 bits per heavy atom. The molecular formula is C30H32N4O2. The summed E-state index contributed by atoms with van der Waals surface area (Å²) in [5.74, 6) is 0.772. The minimum atomic E-state index is -0.0179. The van der Waals surface area contributed by atoms with Crippen LogP contribution in [0.4, 0.5) is 0 Å². The largest absolute Gasteiger partial charge is 0.497 e. The zero-order valence-corrected chi connectivity index (χ0v) is 21.0. The Balaban J connectivity index is 1.49. The maximum Gasteiger partial charge on any atom is 0.234 e. The summed E-state index contributed by atoms with van der Waals surface area (Å²) < 4.78 is 5.34. The molecule has 2 N–H and O–H groups in total. The fourth-order valence-electron chi connectivity index (χ4n) is 4.42. The van der Waals surface area contributed by atoms with Crippen molar-refractivity contribution in [1.82, 2.24) is 15.2 Å². The zero-order valence-electron chi connectivity index (χ0n) is 21.0. The molecule has 0 aliphatic carbocycles. The molecule has 0 spiro atoms. The number of methoxy groups -OCH3 is 1. The zero-order chi connectivity index (χ0) is 25.5. The second-order valence-corrected chi connectivity index (χ2v) is 9.23. The van der Waals surface area contributed by atoms with Gasteiger partial charge in [0, 0.05) is 42.1 Å². The number of para-hydroxylation sites is 1. The highest BCUT2D eigenvalue weighted by atomic mass is 16.5. The lowest BCUT2D eigenvalue weighted by atomic mass is 9.90. The van der Waals surface area contributed by atoms with Crippen LogP contribution in [0.25, 0.3) is 10.9 Å². The summed E-state index contributed by atoms with van der Waals surface area (Å²) in [6, 6.07) is 26.1. The number of fused-ring (bicyclic) bond motifs is 1.